The monoisotopic (exact) mass is 219 g/mol. The predicted octanol–water partition coefficient (Wildman–Crippen LogP) is 1.50. The third-order valence-electron chi connectivity index (χ3n) is 2.22. The van der Waals surface area contributed by atoms with E-state index in [1.807, 2.05) is 0 Å². The van der Waals surface area contributed by atoms with Crippen molar-refractivity contribution in [1.82, 2.24) is 0 Å². The van der Waals surface area contributed by atoms with Gasteiger partial charge in [-0.1, -0.05) is 6.58 Å². The summed E-state index contributed by atoms with van der Waals surface area (Å²) in [6.45, 7) is 4.72. The standard InChI is InChI=1S/C12H13NO3/c1-8(9(2)14)12(16)13(3)10-4-6-11(15)7-5-10/h4-7,15H,1H2,2-3H3. The molecule has 0 saturated carbocycles. The molecule has 0 saturated heterocycles. The zero-order valence-electron chi connectivity index (χ0n) is 9.23. The zero-order chi connectivity index (χ0) is 12.3. The van der Waals surface area contributed by atoms with Crippen LogP contribution in [0.1, 0.15) is 6.92 Å². The quantitative estimate of drug-likeness (QED) is 0.476. The first-order chi connectivity index (χ1) is 7.43. The van der Waals surface area contributed by atoms with Crippen molar-refractivity contribution in [2.45, 2.75) is 6.92 Å². The van der Waals surface area contributed by atoms with E-state index in [4.69, 9.17) is 5.11 Å². The van der Waals surface area contributed by atoms with Gasteiger partial charge in [0.15, 0.2) is 5.78 Å². The second-order valence-corrected chi connectivity index (χ2v) is 3.42. The van der Waals surface area contributed by atoms with Crippen LogP contribution in [-0.4, -0.2) is 23.8 Å². The predicted molar refractivity (Wildman–Crippen MR) is 61.3 cm³/mol. The summed E-state index contributed by atoms with van der Waals surface area (Å²) < 4.78 is 0. The maximum absolute atomic E-state index is 11.7. The number of benzene rings is 1. The fourth-order valence-electron chi connectivity index (χ4n) is 1.15. The average molecular weight is 219 g/mol. The van der Waals surface area contributed by atoms with Gasteiger partial charge in [0.05, 0.1) is 5.57 Å². The largest absolute Gasteiger partial charge is 0.508 e. The van der Waals surface area contributed by atoms with Crippen molar-refractivity contribution < 1.29 is 14.7 Å². The Balaban J connectivity index is 2.90. The lowest BCUT2D eigenvalue weighted by molar-refractivity contribution is -0.120. The molecule has 0 aliphatic rings. The number of phenolic OH excluding ortho intramolecular Hbond substituents is 1. The van der Waals surface area contributed by atoms with Crippen LogP contribution in [0.2, 0.25) is 0 Å². The summed E-state index contributed by atoms with van der Waals surface area (Å²) in [6.07, 6.45) is 0. The summed E-state index contributed by atoms with van der Waals surface area (Å²) in [5, 5.41) is 9.10. The highest BCUT2D eigenvalue weighted by Crippen LogP contribution is 2.18. The van der Waals surface area contributed by atoms with Crippen LogP contribution in [-0.2, 0) is 9.59 Å². The van der Waals surface area contributed by atoms with Crippen LogP contribution in [0, 0.1) is 0 Å². The van der Waals surface area contributed by atoms with Crippen LogP contribution in [0.5, 0.6) is 5.75 Å². The molecule has 1 N–H and O–H groups in total. The number of anilines is 1. The van der Waals surface area contributed by atoms with E-state index in [1.54, 1.807) is 19.2 Å². The molecule has 0 bridgehead atoms. The number of carbonyl (C=O) groups excluding carboxylic acids is 2. The first-order valence-electron chi connectivity index (χ1n) is 4.70. The van der Waals surface area contributed by atoms with Gasteiger partial charge in [-0.3, -0.25) is 9.59 Å². The topological polar surface area (TPSA) is 57.6 Å². The zero-order valence-corrected chi connectivity index (χ0v) is 9.23. The van der Waals surface area contributed by atoms with Gasteiger partial charge in [-0.25, -0.2) is 0 Å². The van der Waals surface area contributed by atoms with E-state index in [2.05, 4.69) is 6.58 Å². The Hall–Kier alpha value is -2.10. The molecule has 0 unspecified atom stereocenters. The van der Waals surface area contributed by atoms with Gasteiger partial charge in [0, 0.05) is 12.7 Å². The molecule has 0 heterocycles. The van der Waals surface area contributed by atoms with Crippen LogP contribution in [0.4, 0.5) is 5.69 Å². The Kier molecular flexibility index (Phi) is 3.45. The van der Waals surface area contributed by atoms with Crippen LogP contribution >= 0.6 is 0 Å². The summed E-state index contributed by atoms with van der Waals surface area (Å²) in [6, 6.07) is 6.10. The summed E-state index contributed by atoms with van der Waals surface area (Å²) in [4.78, 5) is 24.0. The van der Waals surface area contributed by atoms with Crippen molar-refractivity contribution in [1.29, 1.82) is 0 Å². The molecule has 84 valence electrons. The molecule has 1 aromatic rings. The molecule has 0 radical (unpaired) electrons. The van der Waals surface area contributed by atoms with Gasteiger partial charge < -0.3 is 10.0 Å². The number of ketones is 1. The van der Waals surface area contributed by atoms with Gasteiger partial charge in [-0.2, -0.15) is 0 Å². The minimum Gasteiger partial charge on any atom is -0.508 e. The Morgan fingerprint density at radius 3 is 2.19 bits per heavy atom. The fraction of sp³-hybridized carbons (Fsp3) is 0.167. The van der Waals surface area contributed by atoms with Crippen molar-refractivity contribution in [3.63, 3.8) is 0 Å². The molecule has 0 aromatic heterocycles. The van der Waals surface area contributed by atoms with E-state index >= 15 is 0 Å². The number of hydrogen-bond acceptors (Lipinski definition) is 3. The van der Waals surface area contributed by atoms with E-state index in [-0.39, 0.29) is 17.1 Å². The molecule has 1 aromatic carbocycles. The normalized spacial score (nSPS) is 9.62. The lowest BCUT2D eigenvalue weighted by Gasteiger charge is -2.17. The molecule has 0 spiro atoms. The SMILES string of the molecule is C=C(C(C)=O)C(=O)N(C)c1ccc(O)cc1. The number of hydrogen-bond donors (Lipinski definition) is 1. The number of rotatable bonds is 3. The van der Waals surface area contributed by atoms with E-state index in [0.717, 1.165) is 0 Å². The Bertz CT molecular complexity index is 434. The van der Waals surface area contributed by atoms with E-state index < -0.39 is 5.91 Å². The van der Waals surface area contributed by atoms with Gasteiger partial charge in [-0.15, -0.1) is 0 Å². The second kappa shape index (κ2) is 4.61. The third kappa shape index (κ3) is 2.48. The van der Waals surface area contributed by atoms with Gasteiger partial charge in [0.25, 0.3) is 5.91 Å². The highest BCUT2D eigenvalue weighted by molar-refractivity contribution is 6.22. The molecule has 1 amide bonds. The van der Waals surface area contributed by atoms with E-state index in [9.17, 15) is 9.59 Å². The lowest BCUT2D eigenvalue weighted by Crippen LogP contribution is -2.29. The minimum absolute atomic E-state index is 0.0597. The fourth-order valence-corrected chi connectivity index (χ4v) is 1.15. The smallest absolute Gasteiger partial charge is 0.260 e. The third-order valence-corrected chi connectivity index (χ3v) is 2.22. The molecular weight excluding hydrogens is 206 g/mol. The number of Topliss-reactive ketones (excluding diaryl/α,β-unsaturated/α-hetero) is 1. The molecule has 1 rings (SSSR count). The molecule has 4 nitrogen and oxygen atoms in total. The molecule has 4 heteroatoms. The van der Waals surface area contributed by atoms with Gasteiger partial charge in [0.2, 0.25) is 0 Å². The number of aromatic hydroxyl groups is 1. The van der Waals surface area contributed by atoms with Crippen molar-refractivity contribution in [2.75, 3.05) is 11.9 Å². The number of likely N-dealkylation sites (N-methyl/N-ethyl adjacent to an activating group) is 1. The number of nitrogens with zero attached hydrogens (tertiary/aromatic N) is 1. The summed E-state index contributed by atoms with van der Waals surface area (Å²) in [5.74, 6) is -0.677. The van der Waals surface area contributed by atoms with Crippen LogP contribution < -0.4 is 4.90 Å². The highest BCUT2D eigenvalue weighted by atomic mass is 16.3. The van der Waals surface area contributed by atoms with Gasteiger partial charge >= 0.3 is 0 Å². The van der Waals surface area contributed by atoms with Crippen molar-refractivity contribution in [2.24, 2.45) is 0 Å². The maximum Gasteiger partial charge on any atom is 0.260 e. The van der Waals surface area contributed by atoms with Crippen LogP contribution in [0.3, 0.4) is 0 Å². The minimum atomic E-state index is -0.446. The first-order valence-corrected chi connectivity index (χ1v) is 4.70. The first kappa shape index (κ1) is 12.0. The highest BCUT2D eigenvalue weighted by Gasteiger charge is 2.17. The Labute approximate surface area is 93.8 Å². The molecule has 0 aliphatic carbocycles. The Morgan fingerprint density at radius 2 is 1.75 bits per heavy atom. The van der Waals surface area contributed by atoms with Crippen molar-refractivity contribution in [3.05, 3.63) is 36.4 Å². The Morgan fingerprint density at radius 1 is 1.25 bits per heavy atom. The van der Waals surface area contributed by atoms with Crippen LogP contribution in [0.15, 0.2) is 36.4 Å². The maximum atomic E-state index is 11.7. The van der Waals surface area contributed by atoms with E-state index in [0.29, 0.717) is 5.69 Å². The van der Waals surface area contributed by atoms with E-state index in [1.165, 1.54) is 24.0 Å². The number of amides is 1. The summed E-state index contributed by atoms with van der Waals surface area (Å²) >= 11 is 0. The molecule has 16 heavy (non-hydrogen) atoms. The second-order valence-electron chi connectivity index (χ2n) is 3.42. The molecule has 0 atom stereocenters. The van der Waals surface area contributed by atoms with Gasteiger partial charge in [0.1, 0.15) is 5.75 Å². The molecule has 0 fully saturated rings. The van der Waals surface area contributed by atoms with Crippen LogP contribution in [0.25, 0.3) is 0 Å². The number of carbonyl (C=O) groups is 2. The molecule has 0 aliphatic heterocycles. The van der Waals surface area contributed by atoms with Crippen molar-refractivity contribution >= 4 is 17.4 Å². The number of phenols is 1. The molecular formula is C12H13NO3. The van der Waals surface area contributed by atoms with Crippen molar-refractivity contribution in [3.8, 4) is 5.75 Å². The average Bonchev–Trinajstić information content (AvgIpc) is 2.27. The lowest BCUT2D eigenvalue weighted by atomic mass is 10.2. The summed E-state index contributed by atoms with van der Waals surface area (Å²) in [7, 11) is 1.54. The van der Waals surface area contributed by atoms with Gasteiger partial charge in [-0.05, 0) is 31.2 Å². The summed E-state index contributed by atoms with van der Waals surface area (Å²) in [5.41, 5.74) is 0.528.